The molecule has 0 spiro atoms. The molecular weight excluding hydrogens is 338 g/mol. The largest absolute Gasteiger partial charge is 0.372 e. The fourth-order valence-corrected chi connectivity index (χ4v) is 3.30. The zero-order chi connectivity index (χ0) is 19.2. The molecule has 0 atom stereocenters. The Morgan fingerprint density at radius 2 is 1.63 bits per heavy atom. The Hall–Kier alpha value is -2.82. The number of anilines is 2. The lowest BCUT2D eigenvalue weighted by molar-refractivity contribution is -0.133. The van der Waals surface area contributed by atoms with Gasteiger partial charge in [0.1, 0.15) is 6.54 Å². The van der Waals surface area contributed by atoms with Crippen molar-refractivity contribution in [3.63, 3.8) is 0 Å². The lowest BCUT2D eigenvalue weighted by Gasteiger charge is -2.21. The molecule has 0 bridgehead atoms. The van der Waals surface area contributed by atoms with Crippen LogP contribution in [0.4, 0.5) is 11.4 Å². The van der Waals surface area contributed by atoms with E-state index in [4.69, 9.17) is 0 Å². The fourth-order valence-electron chi connectivity index (χ4n) is 3.30. The summed E-state index contributed by atoms with van der Waals surface area (Å²) in [4.78, 5) is 28.2. The highest BCUT2D eigenvalue weighted by Gasteiger charge is 2.15. The molecular formula is C22H27N3O2. The van der Waals surface area contributed by atoms with Gasteiger partial charge in [0.15, 0.2) is 0 Å². The molecule has 0 unspecified atom stereocenters. The zero-order valence-corrected chi connectivity index (χ0v) is 16.1. The number of amides is 2. The number of hydrogen-bond donors (Lipinski definition) is 1. The molecule has 1 saturated heterocycles. The van der Waals surface area contributed by atoms with Crippen molar-refractivity contribution in [3.8, 4) is 0 Å². The zero-order valence-electron chi connectivity index (χ0n) is 16.1. The maximum atomic E-state index is 12.4. The first-order valence-corrected chi connectivity index (χ1v) is 9.47. The molecule has 2 aromatic carbocycles. The van der Waals surface area contributed by atoms with Crippen LogP contribution in [0.25, 0.3) is 0 Å². The molecule has 2 amide bonds. The summed E-state index contributed by atoms with van der Waals surface area (Å²) in [6.07, 6.45) is 2.47. The highest BCUT2D eigenvalue weighted by atomic mass is 16.2. The smallest absolute Gasteiger partial charge is 0.244 e. The van der Waals surface area contributed by atoms with Crippen molar-refractivity contribution < 1.29 is 9.59 Å². The molecule has 0 aromatic heterocycles. The third-order valence-corrected chi connectivity index (χ3v) is 4.90. The molecule has 1 N–H and O–H groups in total. The summed E-state index contributed by atoms with van der Waals surface area (Å²) in [6.45, 7) is 6.17. The van der Waals surface area contributed by atoms with Crippen LogP contribution in [0.15, 0.2) is 48.5 Å². The second kappa shape index (κ2) is 8.71. The molecule has 3 rings (SSSR count). The number of nitrogens with zero attached hydrogens (tertiary/aromatic N) is 2. The number of hydrogen-bond acceptors (Lipinski definition) is 3. The quantitative estimate of drug-likeness (QED) is 0.851. The van der Waals surface area contributed by atoms with Crippen molar-refractivity contribution in [3.05, 3.63) is 59.7 Å². The lowest BCUT2D eigenvalue weighted by Crippen LogP contribution is -2.36. The van der Waals surface area contributed by atoms with Crippen molar-refractivity contribution in [1.29, 1.82) is 0 Å². The van der Waals surface area contributed by atoms with Crippen LogP contribution < -0.4 is 10.2 Å². The number of aryl methyl sites for hydroxylation is 1. The number of nitrogens with one attached hydrogen (secondary N) is 1. The van der Waals surface area contributed by atoms with E-state index in [2.05, 4.69) is 10.2 Å². The van der Waals surface area contributed by atoms with Gasteiger partial charge in [-0.3, -0.25) is 9.59 Å². The summed E-state index contributed by atoms with van der Waals surface area (Å²) in [5.41, 5.74) is 4.12. The number of carbonyl (C=O) groups is 2. The Kier molecular flexibility index (Phi) is 6.12. The molecule has 5 heteroatoms. The number of benzene rings is 2. The molecule has 142 valence electrons. The molecule has 27 heavy (non-hydrogen) atoms. The minimum Gasteiger partial charge on any atom is -0.372 e. The van der Waals surface area contributed by atoms with Gasteiger partial charge in [-0.05, 0) is 49.6 Å². The first-order valence-electron chi connectivity index (χ1n) is 9.47. The maximum Gasteiger partial charge on any atom is 0.244 e. The van der Waals surface area contributed by atoms with Crippen LogP contribution >= 0.6 is 0 Å². The van der Waals surface area contributed by atoms with Crippen molar-refractivity contribution >= 4 is 23.2 Å². The topological polar surface area (TPSA) is 52.7 Å². The molecule has 1 heterocycles. The summed E-state index contributed by atoms with van der Waals surface area (Å²) in [6, 6.07) is 15.9. The van der Waals surface area contributed by atoms with Crippen LogP contribution in [-0.4, -0.2) is 36.3 Å². The van der Waals surface area contributed by atoms with Crippen molar-refractivity contribution in [1.82, 2.24) is 4.90 Å². The van der Waals surface area contributed by atoms with Crippen LogP contribution in [-0.2, 0) is 16.1 Å². The minimum atomic E-state index is -0.189. The van der Waals surface area contributed by atoms with Crippen molar-refractivity contribution in [2.45, 2.75) is 33.2 Å². The van der Waals surface area contributed by atoms with E-state index < -0.39 is 0 Å². The van der Waals surface area contributed by atoms with E-state index in [0.29, 0.717) is 6.54 Å². The summed E-state index contributed by atoms with van der Waals surface area (Å²) < 4.78 is 0. The molecule has 2 aromatic rings. The van der Waals surface area contributed by atoms with E-state index in [1.165, 1.54) is 31.0 Å². The second-order valence-corrected chi connectivity index (χ2v) is 7.15. The Bertz CT molecular complexity index is 778. The van der Waals surface area contributed by atoms with E-state index >= 15 is 0 Å². The minimum absolute atomic E-state index is 0.0388. The van der Waals surface area contributed by atoms with Crippen LogP contribution in [0.1, 0.15) is 30.9 Å². The predicted molar refractivity (Wildman–Crippen MR) is 109 cm³/mol. The average molecular weight is 365 g/mol. The van der Waals surface area contributed by atoms with E-state index in [9.17, 15) is 9.59 Å². The van der Waals surface area contributed by atoms with Gasteiger partial charge in [0.25, 0.3) is 0 Å². The van der Waals surface area contributed by atoms with Gasteiger partial charge in [-0.25, -0.2) is 0 Å². The second-order valence-electron chi connectivity index (χ2n) is 7.15. The Morgan fingerprint density at radius 3 is 2.22 bits per heavy atom. The van der Waals surface area contributed by atoms with Crippen LogP contribution in [0, 0.1) is 6.92 Å². The normalized spacial score (nSPS) is 13.5. The van der Waals surface area contributed by atoms with E-state index in [-0.39, 0.29) is 18.4 Å². The molecule has 0 saturated carbocycles. The molecule has 1 aliphatic heterocycles. The van der Waals surface area contributed by atoms with Crippen molar-refractivity contribution in [2.75, 3.05) is 29.9 Å². The van der Waals surface area contributed by atoms with Crippen molar-refractivity contribution in [2.24, 2.45) is 0 Å². The predicted octanol–water partition coefficient (Wildman–Crippen LogP) is 3.58. The standard InChI is InChI=1S/C22H27N3O2/c1-17-5-7-19(8-6-17)15-25(18(2)26)16-22(27)23-20-9-11-21(12-10-20)24-13-3-4-14-24/h5-12H,3-4,13-16H2,1-2H3,(H,23,27). The van der Waals surface area contributed by atoms with Crippen LogP contribution in [0.5, 0.6) is 0 Å². The van der Waals surface area contributed by atoms with Gasteiger partial charge in [-0.1, -0.05) is 29.8 Å². The first kappa shape index (κ1) is 19.0. The van der Waals surface area contributed by atoms with Gasteiger partial charge in [-0.15, -0.1) is 0 Å². The molecule has 5 nitrogen and oxygen atoms in total. The van der Waals surface area contributed by atoms with Gasteiger partial charge in [0, 0.05) is 37.9 Å². The molecule has 0 radical (unpaired) electrons. The van der Waals surface area contributed by atoms with Gasteiger partial charge in [0.2, 0.25) is 11.8 Å². The van der Waals surface area contributed by atoms with E-state index in [1.54, 1.807) is 4.90 Å². The SMILES string of the molecule is CC(=O)N(CC(=O)Nc1ccc(N2CCCC2)cc1)Cc1ccc(C)cc1. The average Bonchev–Trinajstić information content (AvgIpc) is 3.18. The van der Waals surface area contributed by atoms with Gasteiger partial charge >= 0.3 is 0 Å². The highest BCUT2D eigenvalue weighted by Crippen LogP contribution is 2.22. The van der Waals surface area contributed by atoms with E-state index in [0.717, 1.165) is 24.3 Å². The third-order valence-electron chi connectivity index (χ3n) is 4.90. The van der Waals surface area contributed by atoms with Gasteiger partial charge in [0.05, 0.1) is 0 Å². The first-order chi connectivity index (χ1) is 13.0. The molecule has 1 fully saturated rings. The molecule has 0 aliphatic carbocycles. The number of rotatable bonds is 6. The molecule has 1 aliphatic rings. The van der Waals surface area contributed by atoms with Gasteiger partial charge in [-0.2, -0.15) is 0 Å². The Morgan fingerprint density at radius 1 is 1.00 bits per heavy atom. The summed E-state index contributed by atoms with van der Waals surface area (Å²) >= 11 is 0. The number of carbonyl (C=O) groups excluding carboxylic acids is 2. The van der Waals surface area contributed by atoms with Gasteiger partial charge < -0.3 is 15.1 Å². The maximum absolute atomic E-state index is 12.4. The van der Waals surface area contributed by atoms with Crippen LogP contribution in [0.2, 0.25) is 0 Å². The van der Waals surface area contributed by atoms with Crippen LogP contribution in [0.3, 0.4) is 0 Å². The monoisotopic (exact) mass is 365 g/mol. The summed E-state index contributed by atoms with van der Waals surface area (Å²) in [5.74, 6) is -0.304. The summed E-state index contributed by atoms with van der Waals surface area (Å²) in [5, 5.41) is 2.89. The summed E-state index contributed by atoms with van der Waals surface area (Å²) in [7, 11) is 0. The van der Waals surface area contributed by atoms with E-state index in [1.807, 2.05) is 55.5 Å². The Balaban J connectivity index is 1.57. The third kappa shape index (κ3) is 5.33. The highest BCUT2D eigenvalue weighted by molar-refractivity contribution is 5.94. The lowest BCUT2D eigenvalue weighted by atomic mass is 10.1. The fraction of sp³-hybridized carbons (Fsp3) is 0.364. The Labute approximate surface area is 161 Å².